The molecule has 0 aliphatic heterocycles. The molecule has 1 aromatic carbocycles. The van der Waals surface area contributed by atoms with Gasteiger partial charge in [0, 0.05) is 30.6 Å². The lowest BCUT2D eigenvalue weighted by atomic mass is 10.1. The number of ether oxygens (including phenoxy) is 2. The monoisotopic (exact) mass is 514 g/mol. The number of sulfone groups is 1. The van der Waals surface area contributed by atoms with E-state index in [0.717, 1.165) is 11.8 Å². The number of rotatable bonds is 8. The summed E-state index contributed by atoms with van der Waals surface area (Å²) in [6.07, 6.45) is 2.56. The summed E-state index contributed by atoms with van der Waals surface area (Å²) in [5, 5.41) is 0. The Hall–Kier alpha value is -3.73. The van der Waals surface area contributed by atoms with E-state index in [4.69, 9.17) is 9.47 Å². The van der Waals surface area contributed by atoms with Gasteiger partial charge in [-0.25, -0.2) is 27.6 Å². The molecule has 0 amide bonds. The molecular weight excluding hydrogens is 487 g/mol. The molecule has 3 aromatic heterocycles. The fourth-order valence-corrected chi connectivity index (χ4v) is 5.01. The first-order valence-corrected chi connectivity index (χ1v) is 13.3. The number of fused-ring (bicyclic) bond motifs is 1. The van der Waals surface area contributed by atoms with Gasteiger partial charge in [0.1, 0.15) is 15.7 Å². The highest BCUT2D eigenvalue weighted by Gasteiger charge is 2.28. The van der Waals surface area contributed by atoms with Gasteiger partial charge in [-0.1, -0.05) is 12.1 Å². The van der Waals surface area contributed by atoms with Crippen molar-refractivity contribution in [1.82, 2.24) is 19.1 Å². The standard InChI is InChI=1S/C25H27FN4O5S/c1-6-35-24-22(34-4)10-9-19(28-24)21(14-36(5,32)33)30-23-20(29(3)25(30)31)12-16(13-27-23)17-8-7-15(2)11-18(17)26/h7-13,21H,6,14H2,1-5H3/t21-/m1/s1. The van der Waals surface area contributed by atoms with Crippen LogP contribution < -0.4 is 15.2 Å². The van der Waals surface area contributed by atoms with Crippen molar-refractivity contribution in [2.45, 2.75) is 19.9 Å². The van der Waals surface area contributed by atoms with Crippen LogP contribution in [0.15, 0.2) is 47.4 Å². The number of halogens is 1. The number of aromatic nitrogens is 4. The van der Waals surface area contributed by atoms with Crippen LogP contribution >= 0.6 is 0 Å². The van der Waals surface area contributed by atoms with Crippen LogP contribution in [0.3, 0.4) is 0 Å². The van der Waals surface area contributed by atoms with E-state index in [1.165, 1.54) is 28.5 Å². The van der Waals surface area contributed by atoms with Gasteiger partial charge < -0.3 is 9.47 Å². The molecule has 0 saturated heterocycles. The van der Waals surface area contributed by atoms with E-state index < -0.39 is 33.1 Å². The van der Waals surface area contributed by atoms with E-state index in [1.54, 1.807) is 51.2 Å². The van der Waals surface area contributed by atoms with Gasteiger partial charge in [-0.05, 0) is 43.7 Å². The van der Waals surface area contributed by atoms with E-state index in [2.05, 4.69) is 9.97 Å². The molecule has 1 atom stereocenters. The third-order valence-corrected chi connectivity index (χ3v) is 6.75. The Morgan fingerprint density at radius 1 is 1.17 bits per heavy atom. The average Bonchev–Trinajstić information content (AvgIpc) is 3.06. The predicted octanol–water partition coefficient (Wildman–Crippen LogP) is 3.29. The van der Waals surface area contributed by atoms with Gasteiger partial charge >= 0.3 is 5.69 Å². The largest absolute Gasteiger partial charge is 0.491 e. The first kappa shape index (κ1) is 25.4. The first-order chi connectivity index (χ1) is 17.0. The number of imidazole rings is 1. The summed E-state index contributed by atoms with van der Waals surface area (Å²) >= 11 is 0. The summed E-state index contributed by atoms with van der Waals surface area (Å²) in [4.78, 5) is 22.4. The fraction of sp³-hybridized carbons (Fsp3) is 0.320. The van der Waals surface area contributed by atoms with Crippen LogP contribution in [0.1, 0.15) is 24.2 Å². The Bertz CT molecular complexity index is 1610. The predicted molar refractivity (Wildman–Crippen MR) is 135 cm³/mol. The van der Waals surface area contributed by atoms with E-state index in [9.17, 15) is 17.6 Å². The van der Waals surface area contributed by atoms with Crippen molar-refractivity contribution in [3.63, 3.8) is 0 Å². The van der Waals surface area contributed by atoms with Crippen molar-refractivity contribution in [1.29, 1.82) is 0 Å². The topological polar surface area (TPSA) is 105 Å². The maximum atomic E-state index is 14.6. The maximum absolute atomic E-state index is 14.6. The Morgan fingerprint density at radius 3 is 2.56 bits per heavy atom. The third kappa shape index (κ3) is 4.83. The molecule has 0 unspecified atom stereocenters. The summed E-state index contributed by atoms with van der Waals surface area (Å²) in [7, 11) is -0.525. The van der Waals surface area contributed by atoms with Crippen LogP contribution in [0, 0.1) is 12.7 Å². The highest BCUT2D eigenvalue weighted by Crippen LogP contribution is 2.31. The number of methoxy groups -OCH3 is 1. The summed E-state index contributed by atoms with van der Waals surface area (Å²) in [6.45, 7) is 3.90. The van der Waals surface area contributed by atoms with Crippen LogP contribution in [-0.2, 0) is 16.9 Å². The SMILES string of the molecule is CCOc1nc([C@@H](CS(C)(=O)=O)n2c(=O)n(C)c3cc(-c4ccc(C)cc4F)cnc32)ccc1OC. The summed E-state index contributed by atoms with van der Waals surface area (Å²) in [6, 6.07) is 8.76. The normalized spacial score (nSPS) is 12.6. The molecule has 0 radical (unpaired) electrons. The molecule has 0 aliphatic rings. The van der Waals surface area contributed by atoms with Gasteiger partial charge in [0.05, 0.1) is 36.7 Å². The zero-order valence-corrected chi connectivity index (χ0v) is 21.5. The third-order valence-electron chi connectivity index (χ3n) is 5.83. The van der Waals surface area contributed by atoms with Crippen molar-refractivity contribution >= 4 is 21.0 Å². The van der Waals surface area contributed by atoms with Crippen LogP contribution in [0.2, 0.25) is 0 Å². The van der Waals surface area contributed by atoms with Crippen molar-refractivity contribution in [2.75, 3.05) is 25.7 Å². The fourth-order valence-electron chi connectivity index (χ4n) is 4.12. The molecule has 36 heavy (non-hydrogen) atoms. The summed E-state index contributed by atoms with van der Waals surface area (Å²) in [5.74, 6) is -0.227. The van der Waals surface area contributed by atoms with Crippen molar-refractivity contribution in [3.05, 3.63) is 70.2 Å². The molecule has 0 aliphatic carbocycles. The van der Waals surface area contributed by atoms with Gasteiger partial charge in [-0.2, -0.15) is 0 Å². The molecule has 190 valence electrons. The maximum Gasteiger partial charge on any atom is 0.330 e. The number of nitrogens with zero attached hydrogens (tertiary/aromatic N) is 4. The molecule has 0 fully saturated rings. The second-order valence-electron chi connectivity index (χ2n) is 8.55. The van der Waals surface area contributed by atoms with Crippen molar-refractivity contribution in [2.24, 2.45) is 7.05 Å². The molecule has 4 rings (SSSR count). The minimum Gasteiger partial charge on any atom is -0.491 e. The Morgan fingerprint density at radius 2 is 1.92 bits per heavy atom. The summed E-state index contributed by atoms with van der Waals surface area (Å²) < 4.78 is 53.0. The number of pyridine rings is 2. The minimum absolute atomic E-state index is 0.189. The van der Waals surface area contributed by atoms with Crippen LogP contribution in [0.4, 0.5) is 4.39 Å². The highest BCUT2D eigenvalue weighted by atomic mass is 32.2. The van der Waals surface area contributed by atoms with Gasteiger partial charge in [0.2, 0.25) is 0 Å². The second kappa shape index (κ2) is 9.73. The number of aryl methyl sites for hydroxylation is 2. The Kier molecular flexibility index (Phi) is 6.85. The highest BCUT2D eigenvalue weighted by molar-refractivity contribution is 7.90. The smallest absolute Gasteiger partial charge is 0.330 e. The zero-order chi connectivity index (χ0) is 26.2. The molecule has 4 aromatic rings. The molecule has 0 spiro atoms. The first-order valence-electron chi connectivity index (χ1n) is 11.2. The lowest BCUT2D eigenvalue weighted by Gasteiger charge is -2.19. The van der Waals surface area contributed by atoms with E-state index in [0.29, 0.717) is 34.7 Å². The Labute approximate surface area is 208 Å². The average molecular weight is 515 g/mol. The number of hydrogen-bond donors (Lipinski definition) is 0. The van der Waals surface area contributed by atoms with Crippen LogP contribution in [0.25, 0.3) is 22.3 Å². The van der Waals surface area contributed by atoms with E-state index in [-0.39, 0.29) is 11.5 Å². The molecule has 11 heteroatoms. The van der Waals surface area contributed by atoms with Gasteiger partial charge in [-0.3, -0.25) is 9.13 Å². The van der Waals surface area contributed by atoms with Gasteiger partial charge in [0.25, 0.3) is 5.88 Å². The Balaban J connectivity index is 1.93. The van der Waals surface area contributed by atoms with E-state index in [1.807, 2.05) is 0 Å². The van der Waals surface area contributed by atoms with Gasteiger partial charge in [-0.15, -0.1) is 0 Å². The molecular formula is C25H27FN4O5S. The molecule has 0 N–H and O–H groups in total. The second-order valence-corrected chi connectivity index (χ2v) is 10.7. The van der Waals surface area contributed by atoms with Crippen LogP contribution in [0.5, 0.6) is 11.6 Å². The lowest BCUT2D eigenvalue weighted by Crippen LogP contribution is -2.31. The minimum atomic E-state index is -3.56. The molecule has 3 heterocycles. The molecule has 0 bridgehead atoms. The van der Waals surface area contributed by atoms with Crippen molar-refractivity contribution < 1.29 is 22.3 Å². The van der Waals surface area contributed by atoms with Crippen molar-refractivity contribution in [3.8, 4) is 22.8 Å². The quantitative estimate of drug-likeness (QED) is 0.355. The van der Waals surface area contributed by atoms with E-state index >= 15 is 0 Å². The zero-order valence-electron chi connectivity index (χ0n) is 20.6. The summed E-state index contributed by atoms with van der Waals surface area (Å²) in [5.41, 5.74) is 2.12. The molecule has 0 saturated carbocycles. The van der Waals surface area contributed by atoms with Gasteiger partial charge in [0.15, 0.2) is 11.4 Å². The van der Waals surface area contributed by atoms with Crippen LogP contribution in [-0.4, -0.2) is 53.2 Å². The number of hydrogen-bond acceptors (Lipinski definition) is 7. The molecule has 9 nitrogen and oxygen atoms in total. The number of benzene rings is 1. The lowest BCUT2D eigenvalue weighted by molar-refractivity contribution is 0.296.